The zero-order valence-corrected chi connectivity index (χ0v) is 21.2. The van der Waals surface area contributed by atoms with E-state index in [2.05, 4.69) is 103 Å². The highest BCUT2D eigenvalue weighted by atomic mass is 14.9. The third kappa shape index (κ3) is 3.63. The first kappa shape index (κ1) is 21.9. The Kier molecular flexibility index (Phi) is 4.89. The molecule has 0 aliphatic heterocycles. The van der Waals surface area contributed by atoms with Crippen LogP contribution in [0.25, 0.3) is 66.7 Å². The third-order valence-electron chi connectivity index (χ3n) is 7.75. The first-order valence-corrected chi connectivity index (χ1v) is 13.2. The molecule has 0 unspecified atom stereocenters. The highest BCUT2D eigenvalue weighted by Crippen LogP contribution is 2.41. The lowest BCUT2D eigenvalue weighted by Gasteiger charge is -2.11. The van der Waals surface area contributed by atoms with Crippen LogP contribution >= 0.6 is 0 Å². The van der Waals surface area contributed by atoms with Crippen molar-refractivity contribution in [2.75, 3.05) is 0 Å². The normalized spacial score (nSPS) is 12.0. The van der Waals surface area contributed by atoms with Crippen molar-refractivity contribution >= 4 is 21.7 Å². The average molecular weight is 498 g/mol. The number of rotatable bonds is 3. The molecule has 5 aromatic carbocycles. The molecule has 1 aliphatic carbocycles. The van der Waals surface area contributed by atoms with Crippen LogP contribution in [0.3, 0.4) is 0 Å². The highest BCUT2D eigenvalue weighted by molar-refractivity contribution is 5.95. The summed E-state index contributed by atoms with van der Waals surface area (Å²) in [6.07, 6.45) is 2.86. The second-order valence-corrected chi connectivity index (χ2v) is 10.1. The molecule has 2 heterocycles. The van der Waals surface area contributed by atoms with Gasteiger partial charge in [0.1, 0.15) is 0 Å². The van der Waals surface area contributed by atoms with Crippen molar-refractivity contribution in [1.29, 1.82) is 0 Å². The van der Waals surface area contributed by atoms with Gasteiger partial charge < -0.3 is 0 Å². The van der Waals surface area contributed by atoms with Gasteiger partial charge in [-0.25, -0.2) is 9.97 Å². The van der Waals surface area contributed by atoms with E-state index in [4.69, 9.17) is 15.0 Å². The maximum atomic E-state index is 5.05. The van der Waals surface area contributed by atoms with Crippen LogP contribution in [0.2, 0.25) is 0 Å². The van der Waals surface area contributed by atoms with Gasteiger partial charge in [0.25, 0.3) is 0 Å². The summed E-state index contributed by atoms with van der Waals surface area (Å²) in [7, 11) is 0. The van der Waals surface area contributed by atoms with E-state index in [9.17, 15) is 0 Å². The van der Waals surface area contributed by atoms with Gasteiger partial charge >= 0.3 is 0 Å². The number of hydrogen-bond donors (Lipinski definition) is 0. The lowest BCUT2D eigenvalue weighted by molar-refractivity contribution is 1.21. The molecule has 1 aliphatic rings. The minimum atomic E-state index is 0.735. The van der Waals surface area contributed by atoms with Crippen LogP contribution in [0.5, 0.6) is 0 Å². The largest absolute Gasteiger partial charge is 0.256 e. The summed E-state index contributed by atoms with van der Waals surface area (Å²) in [6.45, 7) is 0. The summed E-state index contributed by atoms with van der Waals surface area (Å²) in [6, 6.07) is 42.5. The van der Waals surface area contributed by atoms with Crippen molar-refractivity contribution in [2.24, 2.45) is 0 Å². The number of aromatic nitrogens is 3. The van der Waals surface area contributed by atoms with Gasteiger partial charge in [0.2, 0.25) is 0 Å². The molecule has 0 bridgehead atoms. The monoisotopic (exact) mass is 497 g/mol. The van der Waals surface area contributed by atoms with Crippen LogP contribution in [0.15, 0.2) is 128 Å². The first-order chi connectivity index (χ1) is 19.3. The topological polar surface area (TPSA) is 38.7 Å². The number of hydrogen-bond acceptors (Lipinski definition) is 3. The van der Waals surface area contributed by atoms with E-state index in [0.29, 0.717) is 0 Å². The molecule has 3 heteroatoms. The van der Waals surface area contributed by atoms with Crippen LogP contribution in [0.1, 0.15) is 11.1 Å². The number of pyridine rings is 1. The molecule has 0 saturated carbocycles. The van der Waals surface area contributed by atoms with E-state index >= 15 is 0 Å². The van der Waals surface area contributed by atoms with Crippen LogP contribution < -0.4 is 0 Å². The van der Waals surface area contributed by atoms with Gasteiger partial charge in [0.05, 0.1) is 16.9 Å². The predicted octanol–water partition coefficient (Wildman–Crippen LogP) is 8.75. The Bertz CT molecular complexity index is 2040. The number of fused-ring (bicyclic) bond motifs is 5. The summed E-state index contributed by atoms with van der Waals surface area (Å²) in [5.41, 5.74) is 11.5. The zero-order chi connectivity index (χ0) is 25.8. The van der Waals surface area contributed by atoms with Crippen LogP contribution in [-0.2, 0) is 6.42 Å². The Labute approximate surface area is 226 Å². The zero-order valence-electron chi connectivity index (χ0n) is 21.2. The number of nitrogens with zero attached hydrogens (tertiary/aromatic N) is 3. The van der Waals surface area contributed by atoms with Crippen molar-refractivity contribution in [3.8, 4) is 45.0 Å². The second-order valence-electron chi connectivity index (χ2n) is 10.1. The van der Waals surface area contributed by atoms with Crippen molar-refractivity contribution in [2.45, 2.75) is 6.42 Å². The lowest BCUT2D eigenvalue weighted by atomic mass is 9.98. The minimum Gasteiger partial charge on any atom is -0.256 e. The standard InChI is InChI=1S/C36H23N3/c1-2-8-23(9-3-1)35-31-12-6-7-13-33(31)38-36(39-35)28-17-15-24-20-27(16-14-25(24)21-28)34-32-22-26-10-4-5-11-29(26)30(32)18-19-37-34/h1-21H,22H2. The Hall–Kier alpha value is -5.15. The van der Waals surface area contributed by atoms with E-state index in [0.717, 1.165) is 56.6 Å². The number of benzene rings is 5. The van der Waals surface area contributed by atoms with Crippen LogP contribution in [0, 0.1) is 0 Å². The fourth-order valence-electron chi connectivity index (χ4n) is 5.85. The number of para-hydroxylation sites is 1. The molecule has 7 aromatic rings. The summed E-state index contributed by atoms with van der Waals surface area (Å²) in [4.78, 5) is 14.8. The summed E-state index contributed by atoms with van der Waals surface area (Å²) < 4.78 is 0. The van der Waals surface area contributed by atoms with Crippen molar-refractivity contribution < 1.29 is 0 Å². The molecule has 8 rings (SSSR count). The van der Waals surface area contributed by atoms with E-state index in [-0.39, 0.29) is 0 Å². The molecular formula is C36H23N3. The van der Waals surface area contributed by atoms with Crippen LogP contribution in [0.4, 0.5) is 0 Å². The quantitative estimate of drug-likeness (QED) is 0.245. The molecule has 0 spiro atoms. The van der Waals surface area contributed by atoms with E-state index in [1.54, 1.807) is 0 Å². The molecule has 2 aromatic heterocycles. The molecule has 0 atom stereocenters. The molecule has 0 amide bonds. The minimum absolute atomic E-state index is 0.735. The van der Waals surface area contributed by atoms with Crippen molar-refractivity contribution in [1.82, 2.24) is 15.0 Å². The van der Waals surface area contributed by atoms with Gasteiger partial charge in [-0.1, -0.05) is 97.1 Å². The fraction of sp³-hybridized carbons (Fsp3) is 0.0278. The molecule has 0 radical (unpaired) electrons. The maximum absolute atomic E-state index is 5.05. The van der Waals surface area contributed by atoms with Gasteiger partial charge in [-0.05, 0) is 57.3 Å². The van der Waals surface area contributed by atoms with Gasteiger partial charge in [-0.15, -0.1) is 0 Å². The summed E-state index contributed by atoms with van der Waals surface area (Å²) >= 11 is 0. The molecule has 0 saturated heterocycles. The highest BCUT2D eigenvalue weighted by Gasteiger charge is 2.22. The molecule has 0 N–H and O–H groups in total. The van der Waals surface area contributed by atoms with Gasteiger partial charge in [-0.2, -0.15) is 0 Å². The van der Waals surface area contributed by atoms with Gasteiger partial charge in [0.15, 0.2) is 5.82 Å². The SMILES string of the molecule is c1ccc(-c2nc(-c3ccc4cc(-c5nccc6c5Cc5ccccc5-6)ccc4c3)nc3ccccc23)cc1. The lowest BCUT2D eigenvalue weighted by Crippen LogP contribution is -1.95. The van der Waals surface area contributed by atoms with Crippen molar-refractivity contribution in [3.63, 3.8) is 0 Å². The summed E-state index contributed by atoms with van der Waals surface area (Å²) in [5, 5.41) is 3.39. The Morgan fingerprint density at radius 1 is 0.513 bits per heavy atom. The fourth-order valence-corrected chi connectivity index (χ4v) is 5.85. The van der Waals surface area contributed by atoms with E-state index < -0.39 is 0 Å². The smallest absolute Gasteiger partial charge is 0.160 e. The first-order valence-electron chi connectivity index (χ1n) is 13.2. The molecule has 39 heavy (non-hydrogen) atoms. The van der Waals surface area contributed by atoms with E-state index in [1.165, 1.54) is 27.6 Å². The average Bonchev–Trinajstić information content (AvgIpc) is 3.39. The van der Waals surface area contributed by atoms with E-state index in [1.807, 2.05) is 24.4 Å². The molecular weight excluding hydrogens is 474 g/mol. The second kappa shape index (κ2) is 8.71. The maximum Gasteiger partial charge on any atom is 0.160 e. The van der Waals surface area contributed by atoms with Gasteiger partial charge in [-0.3, -0.25) is 4.98 Å². The van der Waals surface area contributed by atoms with Crippen molar-refractivity contribution in [3.05, 3.63) is 139 Å². The van der Waals surface area contributed by atoms with Crippen LogP contribution in [-0.4, -0.2) is 15.0 Å². The molecule has 182 valence electrons. The third-order valence-corrected chi connectivity index (χ3v) is 7.75. The summed E-state index contributed by atoms with van der Waals surface area (Å²) in [5.74, 6) is 0.735. The Morgan fingerprint density at radius 2 is 1.26 bits per heavy atom. The predicted molar refractivity (Wildman–Crippen MR) is 159 cm³/mol. The Morgan fingerprint density at radius 3 is 2.15 bits per heavy atom. The molecule has 3 nitrogen and oxygen atoms in total. The van der Waals surface area contributed by atoms with Gasteiger partial charge in [0, 0.05) is 34.7 Å². The Balaban J connectivity index is 1.22. The molecule has 0 fully saturated rings.